The maximum absolute atomic E-state index is 6.12. The molecule has 2 heterocycles. The first-order valence-electron chi connectivity index (χ1n) is 9.34. The zero-order valence-electron chi connectivity index (χ0n) is 14.1. The number of nitrogen functional groups attached to an aromatic ring is 1. The lowest BCUT2D eigenvalue weighted by atomic mass is 9.71. The summed E-state index contributed by atoms with van der Waals surface area (Å²) in [5.74, 6) is 2.27. The third kappa shape index (κ3) is 2.59. The lowest BCUT2D eigenvalue weighted by Gasteiger charge is -2.39. The highest BCUT2D eigenvalue weighted by molar-refractivity contribution is 5.55. The second-order valence-corrected chi connectivity index (χ2v) is 7.74. The minimum Gasteiger partial charge on any atom is -0.368 e. The van der Waals surface area contributed by atoms with Crippen molar-refractivity contribution in [3.63, 3.8) is 0 Å². The molecular weight excluding hydrogens is 286 g/mol. The van der Waals surface area contributed by atoms with E-state index in [1.165, 1.54) is 62.6 Å². The van der Waals surface area contributed by atoms with Gasteiger partial charge in [-0.2, -0.15) is 4.98 Å². The van der Waals surface area contributed by atoms with Gasteiger partial charge in [0.1, 0.15) is 5.82 Å². The lowest BCUT2D eigenvalue weighted by Crippen LogP contribution is -2.39. The summed E-state index contributed by atoms with van der Waals surface area (Å²) in [5, 5.41) is 0. The second kappa shape index (κ2) is 5.93. The van der Waals surface area contributed by atoms with E-state index in [0.29, 0.717) is 17.3 Å². The van der Waals surface area contributed by atoms with E-state index in [2.05, 4.69) is 9.88 Å². The zero-order valence-corrected chi connectivity index (χ0v) is 14.1. The van der Waals surface area contributed by atoms with Gasteiger partial charge in [0.2, 0.25) is 5.95 Å². The van der Waals surface area contributed by atoms with Crippen LogP contribution in [0.1, 0.15) is 62.6 Å². The van der Waals surface area contributed by atoms with E-state index in [0.717, 1.165) is 31.9 Å². The number of hydrogen-bond acceptors (Lipinski definition) is 5. The molecule has 4 rings (SSSR count). The third-order valence-corrected chi connectivity index (χ3v) is 6.40. The number of aromatic nitrogens is 2. The molecule has 0 atom stereocenters. The van der Waals surface area contributed by atoms with Gasteiger partial charge in [0, 0.05) is 24.1 Å². The molecule has 0 bridgehead atoms. The van der Waals surface area contributed by atoms with E-state index < -0.39 is 0 Å². The Morgan fingerprint density at radius 3 is 2.43 bits per heavy atom. The number of hydrogen-bond donors (Lipinski definition) is 2. The molecule has 2 fully saturated rings. The Balaban J connectivity index is 1.70. The number of nitrogens with two attached hydrogens (primary N) is 2. The van der Waals surface area contributed by atoms with Gasteiger partial charge in [-0.25, -0.2) is 4.98 Å². The van der Waals surface area contributed by atoms with Gasteiger partial charge < -0.3 is 16.4 Å². The predicted octanol–water partition coefficient (Wildman–Crippen LogP) is 2.38. The number of piperidine rings is 1. The molecule has 1 aromatic heterocycles. The van der Waals surface area contributed by atoms with Crippen LogP contribution in [0.2, 0.25) is 0 Å². The van der Waals surface area contributed by atoms with Gasteiger partial charge in [-0.05, 0) is 57.4 Å². The fraction of sp³-hybridized carbons (Fsp3) is 0.778. The van der Waals surface area contributed by atoms with Gasteiger partial charge in [0.05, 0.1) is 5.69 Å². The molecule has 5 heteroatoms. The normalized spacial score (nSPS) is 24.1. The van der Waals surface area contributed by atoms with Crippen molar-refractivity contribution in [1.29, 1.82) is 0 Å². The van der Waals surface area contributed by atoms with Crippen molar-refractivity contribution in [3.8, 4) is 0 Å². The molecule has 2 aliphatic carbocycles. The van der Waals surface area contributed by atoms with Gasteiger partial charge in [-0.3, -0.25) is 0 Å². The van der Waals surface area contributed by atoms with Crippen LogP contribution in [0.4, 0.5) is 11.8 Å². The molecular formula is C18H29N5. The summed E-state index contributed by atoms with van der Waals surface area (Å²) in [7, 11) is 0. The molecule has 0 aromatic carbocycles. The van der Waals surface area contributed by atoms with Crippen LogP contribution in [-0.4, -0.2) is 29.6 Å². The molecule has 23 heavy (non-hydrogen) atoms. The molecule has 0 unspecified atom stereocenters. The van der Waals surface area contributed by atoms with Gasteiger partial charge >= 0.3 is 0 Å². The number of fused-ring (bicyclic) bond motifs is 2. The van der Waals surface area contributed by atoms with E-state index in [9.17, 15) is 0 Å². The molecule has 1 saturated carbocycles. The van der Waals surface area contributed by atoms with Crippen molar-refractivity contribution >= 4 is 11.8 Å². The van der Waals surface area contributed by atoms with Crippen LogP contribution in [-0.2, 0) is 11.8 Å². The quantitative estimate of drug-likeness (QED) is 0.876. The van der Waals surface area contributed by atoms with E-state index in [1.807, 2.05) is 0 Å². The fourth-order valence-corrected chi connectivity index (χ4v) is 5.06. The number of rotatable bonds is 2. The number of nitrogens with zero attached hydrogens (tertiary/aromatic N) is 3. The molecule has 4 N–H and O–H groups in total. The van der Waals surface area contributed by atoms with Crippen molar-refractivity contribution in [1.82, 2.24) is 9.97 Å². The fourth-order valence-electron chi connectivity index (χ4n) is 5.06. The summed E-state index contributed by atoms with van der Waals surface area (Å²) in [6, 6.07) is 0. The Bertz CT molecular complexity index is 571. The third-order valence-electron chi connectivity index (χ3n) is 6.40. The van der Waals surface area contributed by atoms with Crippen LogP contribution in [0.15, 0.2) is 0 Å². The highest BCUT2D eigenvalue weighted by Crippen LogP contribution is 2.49. The van der Waals surface area contributed by atoms with Crippen LogP contribution < -0.4 is 16.4 Å². The first kappa shape index (κ1) is 15.2. The van der Waals surface area contributed by atoms with E-state index in [4.69, 9.17) is 16.5 Å². The molecule has 3 aliphatic rings. The summed E-state index contributed by atoms with van der Waals surface area (Å²) in [6.45, 7) is 2.91. The van der Waals surface area contributed by atoms with Gasteiger partial charge in [-0.1, -0.05) is 12.8 Å². The number of anilines is 2. The predicted molar refractivity (Wildman–Crippen MR) is 93.5 cm³/mol. The van der Waals surface area contributed by atoms with E-state index >= 15 is 0 Å². The van der Waals surface area contributed by atoms with E-state index in [-0.39, 0.29) is 0 Å². The molecule has 0 amide bonds. The van der Waals surface area contributed by atoms with Crippen LogP contribution in [0.5, 0.6) is 0 Å². The Kier molecular flexibility index (Phi) is 3.92. The second-order valence-electron chi connectivity index (χ2n) is 7.74. The van der Waals surface area contributed by atoms with Crippen molar-refractivity contribution < 1.29 is 0 Å². The molecule has 0 radical (unpaired) electrons. The molecule has 1 spiro atoms. The Labute approximate surface area is 138 Å². The van der Waals surface area contributed by atoms with Crippen LogP contribution in [0.3, 0.4) is 0 Å². The Morgan fingerprint density at radius 2 is 1.74 bits per heavy atom. The van der Waals surface area contributed by atoms with Crippen LogP contribution >= 0.6 is 0 Å². The minimum absolute atomic E-state index is 0.301. The molecule has 1 aromatic rings. The average molecular weight is 315 g/mol. The SMILES string of the molecule is NCC1CCN(c2nc(N)nc3c2CCCC32CCCC2)CC1. The highest BCUT2D eigenvalue weighted by Gasteiger charge is 2.42. The molecule has 126 valence electrons. The summed E-state index contributed by atoms with van der Waals surface area (Å²) in [6.07, 6.45) is 11.2. The van der Waals surface area contributed by atoms with Crippen LogP contribution in [0.25, 0.3) is 0 Å². The van der Waals surface area contributed by atoms with Crippen molar-refractivity contribution in [2.45, 2.75) is 63.2 Å². The summed E-state index contributed by atoms with van der Waals surface area (Å²) < 4.78 is 0. The first-order valence-corrected chi connectivity index (χ1v) is 9.34. The van der Waals surface area contributed by atoms with Crippen molar-refractivity contribution in [2.75, 3.05) is 30.3 Å². The average Bonchev–Trinajstić information content (AvgIpc) is 3.04. The summed E-state index contributed by atoms with van der Waals surface area (Å²) in [5.41, 5.74) is 15.0. The maximum atomic E-state index is 6.12. The van der Waals surface area contributed by atoms with Gasteiger partial charge in [0.25, 0.3) is 0 Å². The lowest BCUT2D eigenvalue weighted by molar-refractivity contribution is 0.356. The van der Waals surface area contributed by atoms with Crippen molar-refractivity contribution in [3.05, 3.63) is 11.3 Å². The topological polar surface area (TPSA) is 81.1 Å². The summed E-state index contributed by atoms with van der Waals surface area (Å²) in [4.78, 5) is 11.9. The molecule has 1 saturated heterocycles. The van der Waals surface area contributed by atoms with Gasteiger partial charge in [-0.15, -0.1) is 0 Å². The van der Waals surface area contributed by atoms with Crippen LogP contribution in [0, 0.1) is 5.92 Å². The monoisotopic (exact) mass is 315 g/mol. The Hall–Kier alpha value is -1.36. The Morgan fingerprint density at radius 1 is 1.04 bits per heavy atom. The first-order chi connectivity index (χ1) is 11.2. The van der Waals surface area contributed by atoms with Crippen molar-refractivity contribution in [2.24, 2.45) is 11.7 Å². The molecule has 5 nitrogen and oxygen atoms in total. The largest absolute Gasteiger partial charge is 0.368 e. The van der Waals surface area contributed by atoms with Gasteiger partial charge in [0.15, 0.2) is 0 Å². The standard InChI is InChI=1S/C18H29N5/c19-12-13-5-10-23(11-6-13)16-14-4-3-9-18(7-1-2-8-18)15(14)21-17(20)22-16/h13H,1-12,19H2,(H2,20,21,22). The zero-order chi connectivity index (χ0) is 15.9. The highest BCUT2D eigenvalue weighted by atomic mass is 15.2. The minimum atomic E-state index is 0.301. The summed E-state index contributed by atoms with van der Waals surface area (Å²) >= 11 is 0. The molecule has 1 aliphatic heterocycles. The van der Waals surface area contributed by atoms with E-state index in [1.54, 1.807) is 0 Å². The maximum Gasteiger partial charge on any atom is 0.222 e. The smallest absolute Gasteiger partial charge is 0.222 e.